The van der Waals surface area contributed by atoms with Crippen LogP contribution in [0, 0.1) is 5.82 Å². The standard InChI is InChI=1S/C16H18FN3.C2HF3O2/c17-14-5-3-12(4-6-14)15-9-16(13(10-18)11-19-15)20-7-1-2-8-20;3-2(4,5)1(6)7/h3-6,9,11H,1-2,7-8,10,18H2;(H,6,7). The highest BCUT2D eigenvalue weighted by Gasteiger charge is 2.38. The van der Waals surface area contributed by atoms with E-state index in [1.54, 1.807) is 12.1 Å². The predicted molar refractivity (Wildman–Crippen MR) is 92.7 cm³/mol. The SMILES string of the molecule is NCc1cnc(-c2ccc(F)cc2)cc1N1CCCC1.O=C(O)C(F)(F)F. The van der Waals surface area contributed by atoms with Crippen LogP contribution in [-0.2, 0) is 11.3 Å². The molecule has 1 aromatic carbocycles. The van der Waals surface area contributed by atoms with Gasteiger partial charge in [-0.3, -0.25) is 4.98 Å². The molecule has 1 fully saturated rings. The van der Waals surface area contributed by atoms with Crippen LogP contribution in [0.4, 0.5) is 23.2 Å². The Kier molecular flexibility index (Phi) is 6.73. The molecule has 3 N–H and O–H groups in total. The average molecular weight is 385 g/mol. The lowest BCUT2D eigenvalue weighted by Crippen LogP contribution is -2.21. The van der Waals surface area contributed by atoms with Gasteiger partial charge in [0.05, 0.1) is 5.69 Å². The minimum atomic E-state index is -5.08. The highest BCUT2D eigenvalue weighted by atomic mass is 19.4. The van der Waals surface area contributed by atoms with Gasteiger partial charge in [-0.25, -0.2) is 9.18 Å². The topological polar surface area (TPSA) is 79.5 Å². The molecule has 1 saturated heterocycles. The Morgan fingerprint density at radius 1 is 1.19 bits per heavy atom. The summed E-state index contributed by atoms with van der Waals surface area (Å²) in [7, 11) is 0. The summed E-state index contributed by atoms with van der Waals surface area (Å²) in [6.07, 6.45) is -0.803. The van der Waals surface area contributed by atoms with Crippen molar-refractivity contribution in [2.75, 3.05) is 18.0 Å². The number of hydrogen-bond donors (Lipinski definition) is 2. The summed E-state index contributed by atoms with van der Waals surface area (Å²) < 4.78 is 44.7. The van der Waals surface area contributed by atoms with Crippen LogP contribution in [0.25, 0.3) is 11.3 Å². The van der Waals surface area contributed by atoms with Crippen molar-refractivity contribution in [2.45, 2.75) is 25.6 Å². The number of rotatable bonds is 3. The molecule has 0 aliphatic carbocycles. The molecule has 2 aromatic rings. The maximum atomic E-state index is 13.0. The highest BCUT2D eigenvalue weighted by Crippen LogP contribution is 2.28. The van der Waals surface area contributed by atoms with Crippen molar-refractivity contribution in [1.82, 2.24) is 4.98 Å². The molecule has 0 spiro atoms. The molecule has 0 bridgehead atoms. The first-order valence-corrected chi connectivity index (χ1v) is 8.22. The number of alkyl halides is 3. The van der Waals surface area contributed by atoms with Gasteiger partial charge in [-0.2, -0.15) is 13.2 Å². The van der Waals surface area contributed by atoms with E-state index in [1.807, 2.05) is 6.20 Å². The number of pyridine rings is 1. The quantitative estimate of drug-likeness (QED) is 0.790. The molecular formula is C18H19F4N3O2. The molecule has 2 heterocycles. The summed E-state index contributed by atoms with van der Waals surface area (Å²) in [6, 6.07) is 8.51. The highest BCUT2D eigenvalue weighted by molar-refractivity contribution is 5.73. The van der Waals surface area contributed by atoms with Gasteiger partial charge in [-0.1, -0.05) is 0 Å². The lowest BCUT2D eigenvalue weighted by atomic mass is 10.1. The van der Waals surface area contributed by atoms with Crippen LogP contribution in [0.3, 0.4) is 0 Å². The largest absolute Gasteiger partial charge is 0.490 e. The minimum Gasteiger partial charge on any atom is -0.475 e. The fourth-order valence-corrected chi connectivity index (χ4v) is 2.66. The monoisotopic (exact) mass is 385 g/mol. The minimum absolute atomic E-state index is 0.230. The average Bonchev–Trinajstić information content (AvgIpc) is 3.16. The van der Waals surface area contributed by atoms with Crippen LogP contribution >= 0.6 is 0 Å². The number of aromatic nitrogens is 1. The second kappa shape index (κ2) is 8.81. The number of anilines is 1. The first kappa shape index (κ1) is 20.6. The van der Waals surface area contributed by atoms with E-state index < -0.39 is 12.1 Å². The fraction of sp³-hybridized carbons (Fsp3) is 0.333. The van der Waals surface area contributed by atoms with Gasteiger partial charge in [0.15, 0.2) is 0 Å². The van der Waals surface area contributed by atoms with Crippen molar-refractivity contribution in [3.63, 3.8) is 0 Å². The van der Waals surface area contributed by atoms with Crippen molar-refractivity contribution in [1.29, 1.82) is 0 Å². The van der Waals surface area contributed by atoms with E-state index in [4.69, 9.17) is 15.6 Å². The smallest absolute Gasteiger partial charge is 0.475 e. The Morgan fingerprint density at radius 2 is 1.74 bits per heavy atom. The van der Waals surface area contributed by atoms with E-state index in [0.717, 1.165) is 29.9 Å². The Bertz CT molecular complexity index is 773. The molecular weight excluding hydrogens is 366 g/mol. The van der Waals surface area contributed by atoms with Crippen LogP contribution < -0.4 is 10.6 Å². The lowest BCUT2D eigenvalue weighted by molar-refractivity contribution is -0.192. The number of aliphatic carboxylic acids is 1. The van der Waals surface area contributed by atoms with Gasteiger partial charge in [0.2, 0.25) is 0 Å². The molecule has 5 nitrogen and oxygen atoms in total. The van der Waals surface area contributed by atoms with Gasteiger partial charge in [0.1, 0.15) is 5.82 Å². The zero-order valence-corrected chi connectivity index (χ0v) is 14.3. The lowest BCUT2D eigenvalue weighted by Gasteiger charge is -2.21. The third kappa shape index (κ3) is 5.65. The fourth-order valence-electron chi connectivity index (χ4n) is 2.66. The molecule has 9 heteroatoms. The molecule has 1 aliphatic rings. The molecule has 0 atom stereocenters. The van der Waals surface area contributed by atoms with Crippen LogP contribution in [0.1, 0.15) is 18.4 Å². The van der Waals surface area contributed by atoms with E-state index in [-0.39, 0.29) is 5.82 Å². The summed E-state index contributed by atoms with van der Waals surface area (Å²) in [5, 5.41) is 7.12. The van der Waals surface area contributed by atoms with E-state index in [9.17, 15) is 17.6 Å². The summed E-state index contributed by atoms with van der Waals surface area (Å²) in [6.45, 7) is 2.63. The number of carboxylic acids is 1. The van der Waals surface area contributed by atoms with Gasteiger partial charge in [0, 0.05) is 42.6 Å². The Morgan fingerprint density at radius 3 is 2.22 bits per heavy atom. The van der Waals surface area contributed by atoms with E-state index in [0.29, 0.717) is 6.54 Å². The summed E-state index contributed by atoms with van der Waals surface area (Å²) in [5.41, 5.74) is 9.84. The number of hydrogen-bond acceptors (Lipinski definition) is 4. The number of nitrogens with two attached hydrogens (primary N) is 1. The van der Waals surface area contributed by atoms with Gasteiger partial charge >= 0.3 is 12.1 Å². The van der Waals surface area contributed by atoms with Gasteiger partial charge < -0.3 is 15.7 Å². The molecule has 1 aromatic heterocycles. The summed E-state index contributed by atoms with van der Waals surface area (Å²) >= 11 is 0. The van der Waals surface area contributed by atoms with Crippen molar-refractivity contribution < 1.29 is 27.5 Å². The summed E-state index contributed by atoms with van der Waals surface area (Å²) in [5.74, 6) is -2.99. The van der Waals surface area contributed by atoms with Crippen LogP contribution in [0.5, 0.6) is 0 Å². The van der Waals surface area contributed by atoms with E-state index in [2.05, 4.69) is 16.0 Å². The van der Waals surface area contributed by atoms with Crippen LogP contribution in [0.2, 0.25) is 0 Å². The Balaban J connectivity index is 0.000000321. The zero-order chi connectivity index (χ0) is 20.0. The maximum absolute atomic E-state index is 13.0. The van der Waals surface area contributed by atoms with Crippen molar-refractivity contribution >= 4 is 11.7 Å². The van der Waals surface area contributed by atoms with Gasteiger partial charge in [-0.05, 0) is 43.2 Å². The van der Waals surface area contributed by atoms with Crippen molar-refractivity contribution in [3.05, 3.63) is 47.9 Å². The molecule has 0 amide bonds. The van der Waals surface area contributed by atoms with E-state index in [1.165, 1.54) is 30.7 Å². The molecule has 27 heavy (non-hydrogen) atoms. The summed E-state index contributed by atoms with van der Waals surface area (Å²) in [4.78, 5) is 15.7. The van der Waals surface area contributed by atoms with Crippen LogP contribution in [-0.4, -0.2) is 35.3 Å². The third-order valence-electron chi connectivity index (χ3n) is 4.01. The molecule has 0 saturated carbocycles. The molecule has 0 unspecified atom stereocenters. The molecule has 146 valence electrons. The van der Waals surface area contributed by atoms with Gasteiger partial charge in [-0.15, -0.1) is 0 Å². The number of halogens is 4. The van der Waals surface area contributed by atoms with Crippen molar-refractivity contribution in [2.24, 2.45) is 5.73 Å². The molecule has 1 aliphatic heterocycles. The number of nitrogens with zero attached hydrogens (tertiary/aromatic N) is 2. The molecule has 0 radical (unpaired) electrons. The number of carboxylic acid groups (broad SMARTS) is 1. The van der Waals surface area contributed by atoms with Crippen LogP contribution in [0.15, 0.2) is 36.5 Å². The normalized spacial score (nSPS) is 13.9. The first-order chi connectivity index (χ1) is 12.7. The number of carbonyl (C=O) groups is 1. The van der Waals surface area contributed by atoms with Crippen molar-refractivity contribution in [3.8, 4) is 11.3 Å². The van der Waals surface area contributed by atoms with E-state index >= 15 is 0 Å². The number of benzene rings is 1. The molecule has 3 rings (SSSR count). The zero-order valence-electron chi connectivity index (χ0n) is 14.3. The predicted octanol–water partition coefficient (Wildman–Crippen LogP) is 3.58. The first-order valence-electron chi connectivity index (χ1n) is 8.22. The maximum Gasteiger partial charge on any atom is 0.490 e. The third-order valence-corrected chi connectivity index (χ3v) is 4.01. The second-order valence-electron chi connectivity index (χ2n) is 5.91. The second-order valence-corrected chi connectivity index (χ2v) is 5.91. The Labute approximate surface area is 153 Å². The van der Waals surface area contributed by atoms with Gasteiger partial charge in [0.25, 0.3) is 0 Å². The Hall–Kier alpha value is -2.68.